The van der Waals surface area contributed by atoms with Crippen LogP contribution in [0.5, 0.6) is 5.75 Å². The molecule has 2 aromatic heterocycles. The van der Waals surface area contributed by atoms with Crippen molar-refractivity contribution in [2.45, 2.75) is 30.8 Å². The second-order valence-electron chi connectivity index (χ2n) is 5.31. The predicted octanol–water partition coefficient (Wildman–Crippen LogP) is 3.81. The van der Waals surface area contributed by atoms with Crippen molar-refractivity contribution in [3.8, 4) is 17.0 Å². The van der Waals surface area contributed by atoms with Crippen LogP contribution >= 0.6 is 11.8 Å². The summed E-state index contributed by atoms with van der Waals surface area (Å²) in [6.45, 7) is 4.20. The Morgan fingerprint density at radius 2 is 2.04 bits per heavy atom. The molecule has 0 amide bonds. The van der Waals surface area contributed by atoms with Crippen LogP contribution in [0.1, 0.15) is 25.6 Å². The average molecular weight is 330 g/mol. The van der Waals surface area contributed by atoms with Crippen molar-refractivity contribution >= 4 is 11.8 Å². The normalized spacial score (nSPS) is 11.1. The fourth-order valence-corrected chi connectivity index (χ4v) is 3.02. The van der Waals surface area contributed by atoms with Crippen LogP contribution in [0, 0.1) is 0 Å². The highest BCUT2D eigenvalue weighted by molar-refractivity contribution is 7.98. The lowest BCUT2D eigenvalue weighted by molar-refractivity contribution is 0.397. The van der Waals surface area contributed by atoms with Gasteiger partial charge in [0.2, 0.25) is 0 Å². The molecule has 1 aromatic carbocycles. The molecular weight excluding hydrogens is 312 g/mol. The lowest BCUT2D eigenvalue weighted by Crippen LogP contribution is -2.00. The Morgan fingerprint density at radius 3 is 2.74 bits per heavy atom. The molecule has 0 saturated carbocycles. The van der Waals surface area contributed by atoms with Crippen molar-refractivity contribution < 1.29 is 9.26 Å². The van der Waals surface area contributed by atoms with Crippen LogP contribution in [-0.4, -0.2) is 27.0 Å². The van der Waals surface area contributed by atoms with E-state index in [0.29, 0.717) is 11.8 Å². The molecule has 2 heterocycles. The molecular formula is C16H18N4O2S. The molecule has 120 valence electrons. The summed E-state index contributed by atoms with van der Waals surface area (Å²) in [6, 6.07) is 10.0. The first-order valence-electron chi connectivity index (χ1n) is 7.29. The largest absolute Gasteiger partial charge is 0.497 e. The average Bonchev–Trinajstić information content (AvgIpc) is 3.22. The van der Waals surface area contributed by atoms with Crippen LogP contribution in [0.25, 0.3) is 11.3 Å². The first-order valence-corrected chi connectivity index (χ1v) is 8.28. The van der Waals surface area contributed by atoms with E-state index in [1.54, 1.807) is 25.2 Å². The highest BCUT2D eigenvalue weighted by Crippen LogP contribution is 2.26. The number of aromatic nitrogens is 4. The number of ether oxygens (including phenoxy) is 1. The van der Waals surface area contributed by atoms with Gasteiger partial charge in [0.15, 0.2) is 5.16 Å². The molecule has 0 N–H and O–H groups in total. The van der Waals surface area contributed by atoms with Crippen molar-refractivity contribution in [2.75, 3.05) is 7.11 Å². The molecule has 0 atom stereocenters. The number of thioether (sulfide) groups is 1. The van der Waals surface area contributed by atoms with Crippen molar-refractivity contribution in [2.24, 2.45) is 0 Å². The molecule has 0 bridgehead atoms. The minimum Gasteiger partial charge on any atom is -0.497 e. The van der Waals surface area contributed by atoms with E-state index >= 15 is 0 Å². The zero-order valence-corrected chi connectivity index (χ0v) is 14.1. The lowest BCUT2D eigenvalue weighted by Gasteiger charge is -2.08. The highest BCUT2D eigenvalue weighted by atomic mass is 32.2. The van der Waals surface area contributed by atoms with Crippen molar-refractivity contribution in [1.29, 1.82) is 0 Å². The number of nitrogens with zero attached hydrogens (tertiary/aromatic N) is 4. The Hall–Kier alpha value is -2.28. The van der Waals surface area contributed by atoms with Crippen LogP contribution in [0.2, 0.25) is 0 Å². The van der Waals surface area contributed by atoms with Crippen LogP contribution in [0.3, 0.4) is 0 Å². The maximum atomic E-state index is 5.41. The number of hydrogen-bond acceptors (Lipinski definition) is 6. The van der Waals surface area contributed by atoms with Crippen LogP contribution in [0.15, 0.2) is 46.3 Å². The van der Waals surface area contributed by atoms with Gasteiger partial charge in [-0.25, -0.2) is 0 Å². The fraction of sp³-hybridized carbons (Fsp3) is 0.312. The van der Waals surface area contributed by atoms with Crippen LogP contribution in [-0.2, 0) is 5.75 Å². The van der Waals surface area contributed by atoms with Crippen LogP contribution < -0.4 is 4.74 Å². The summed E-state index contributed by atoms with van der Waals surface area (Å²) in [7, 11) is 1.65. The molecule has 0 aliphatic carbocycles. The SMILES string of the molecule is COc1ccc(-c2cc(CSc3nncn3C(C)C)on2)cc1. The van der Waals surface area contributed by atoms with E-state index in [1.807, 2.05) is 34.9 Å². The van der Waals surface area contributed by atoms with Crippen molar-refractivity contribution in [3.05, 3.63) is 42.4 Å². The van der Waals surface area contributed by atoms with Gasteiger partial charge >= 0.3 is 0 Å². The molecule has 0 spiro atoms. The molecule has 0 unspecified atom stereocenters. The second-order valence-corrected chi connectivity index (χ2v) is 6.25. The third-order valence-corrected chi connectivity index (χ3v) is 4.36. The molecule has 6 nitrogen and oxygen atoms in total. The molecule has 3 rings (SSSR count). The number of benzene rings is 1. The Bertz CT molecular complexity index is 764. The highest BCUT2D eigenvalue weighted by Gasteiger charge is 2.11. The third kappa shape index (κ3) is 3.56. The summed E-state index contributed by atoms with van der Waals surface area (Å²) in [6.07, 6.45) is 1.75. The summed E-state index contributed by atoms with van der Waals surface area (Å²) >= 11 is 1.59. The van der Waals surface area contributed by atoms with E-state index in [0.717, 1.165) is 27.9 Å². The maximum Gasteiger partial charge on any atom is 0.191 e. The zero-order chi connectivity index (χ0) is 16.2. The lowest BCUT2D eigenvalue weighted by atomic mass is 10.1. The number of methoxy groups -OCH3 is 1. The van der Waals surface area contributed by atoms with Crippen molar-refractivity contribution in [3.63, 3.8) is 0 Å². The van der Waals surface area contributed by atoms with Gasteiger partial charge in [0.05, 0.1) is 12.9 Å². The summed E-state index contributed by atoms with van der Waals surface area (Å²) in [5.74, 6) is 2.29. The third-order valence-electron chi connectivity index (χ3n) is 3.38. The number of rotatable bonds is 6. The minimum atomic E-state index is 0.331. The standard InChI is InChI=1S/C16H18N4O2S/c1-11(2)20-10-17-18-16(20)23-9-14-8-15(19-22-14)12-4-6-13(21-3)7-5-12/h4-8,10-11H,9H2,1-3H3. The molecule has 0 aliphatic rings. The Kier molecular flexibility index (Phi) is 4.66. The monoisotopic (exact) mass is 330 g/mol. The quantitative estimate of drug-likeness (QED) is 0.640. The smallest absolute Gasteiger partial charge is 0.191 e. The maximum absolute atomic E-state index is 5.41. The number of hydrogen-bond donors (Lipinski definition) is 0. The van der Waals surface area contributed by atoms with Gasteiger partial charge in [-0.3, -0.25) is 0 Å². The van der Waals surface area contributed by atoms with Gasteiger partial charge < -0.3 is 13.8 Å². The topological polar surface area (TPSA) is 66.0 Å². The van der Waals surface area contributed by atoms with E-state index in [2.05, 4.69) is 29.2 Å². The molecule has 0 fully saturated rings. The first-order chi connectivity index (χ1) is 11.2. The zero-order valence-electron chi connectivity index (χ0n) is 13.3. The van der Waals surface area contributed by atoms with Gasteiger partial charge in [0.25, 0.3) is 0 Å². The van der Waals surface area contributed by atoms with Crippen molar-refractivity contribution in [1.82, 2.24) is 19.9 Å². The first kappa shape index (κ1) is 15.6. The van der Waals surface area contributed by atoms with Crippen LogP contribution in [0.4, 0.5) is 0 Å². The Labute approximate surface area is 138 Å². The molecule has 23 heavy (non-hydrogen) atoms. The molecule has 3 aromatic rings. The van der Waals surface area contributed by atoms with Gasteiger partial charge in [-0.15, -0.1) is 10.2 Å². The van der Waals surface area contributed by atoms with E-state index in [4.69, 9.17) is 9.26 Å². The van der Waals surface area contributed by atoms with E-state index < -0.39 is 0 Å². The summed E-state index contributed by atoms with van der Waals surface area (Å²) in [5, 5.41) is 13.1. The second kappa shape index (κ2) is 6.87. The summed E-state index contributed by atoms with van der Waals surface area (Å²) in [4.78, 5) is 0. The van der Waals surface area contributed by atoms with E-state index in [-0.39, 0.29) is 0 Å². The predicted molar refractivity (Wildman–Crippen MR) is 88.5 cm³/mol. The summed E-state index contributed by atoms with van der Waals surface area (Å²) in [5.41, 5.74) is 1.81. The molecule has 0 aliphatic heterocycles. The minimum absolute atomic E-state index is 0.331. The molecule has 7 heteroatoms. The van der Waals surface area contributed by atoms with E-state index in [1.165, 1.54) is 0 Å². The van der Waals surface area contributed by atoms with Gasteiger partial charge in [-0.05, 0) is 38.1 Å². The molecule has 0 saturated heterocycles. The Balaban J connectivity index is 1.68. The Morgan fingerprint density at radius 1 is 1.26 bits per heavy atom. The van der Waals surface area contributed by atoms with Gasteiger partial charge in [-0.2, -0.15) is 0 Å². The fourth-order valence-electron chi connectivity index (χ4n) is 2.10. The van der Waals surface area contributed by atoms with Gasteiger partial charge in [-0.1, -0.05) is 16.9 Å². The van der Waals surface area contributed by atoms with E-state index in [9.17, 15) is 0 Å². The van der Waals surface area contributed by atoms with Gasteiger partial charge in [0, 0.05) is 17.7 Å². The summed E-state index contributed by atoms with van der Waals surface area (Å²) < 4.78 is 12.6. The molecule has 0 radical (unpaired) electrons. The van der Waals surface area contributed by atoms with Gasteiger partial charge in [0.1, 0.15) is 23.5 Å².